The van der Waals surface area contributed by atoms with Gasteiger partial charge in [-0.25, -0.2) is 18.0 Å². The molecule has 0 aliphatic heterocycles. The van der Waals surface area contributed by atoms with Crippen LogP contribution in [0, 0.1) is 0 Å². The summed E-state index contributed by atoms with van der Waals surface area (Å²) < 4.78 is 45.1. The molecule has 0 heterocycles. The average Bonchev–Trinajstić information content (AvgIpc) is 3.07. The number of rotatable bonds is 31. The van der Waals surface area contributed by atoms with Crippen molar-refractivity contribution in [3.05, 3.63) is 54.0 Å². The van der Waals surface area contributed by atoms with Crippen LogP contribution >= 0.6 is 0 Å². The molecule has 0 unspecified atom stereocenters. The number of hydrogen-bond acceptors (Lipinski definition) is 7. The number of ether oxygens (including phenoxy) is 2. The van der Waals surface area contributed by atoms with Crippen molar-refractivity contribution in [3.8, 4) is 0 Å². The van der Waals surface area contributed by atoms with Gasteiger partial charge in [0.05, 0.1) is 28.5 Å². The standard InChI is InChI=1S/C40H66O7S.Na/c1-3-5-7-9-11-13-15-17-19-21-23-25-27-29-33-46-39(41)37-32-31-36(48(43,44)45)35-38(37)40(42)47-34-30-28-26-24-22-20-18-16-14-12-10-8-6-4-2;/h29-35H,3-28H2,1-2H3,(H,43,44,45);/q;+1/p-1/b33-29+,34-30+;. The fourth-order valence-electron chi connectivity index (χ4n) is 5.71. The second-order valence-electron chi connectivity index (χ2n) is 13.1. The Bertz CT molecular complexity index is 1150. The maximum Gasteiger partial charge on any atom is 1.00 e. The third-order valence-corrected chi connectivity index (χ3v) is 9.54. The Morgan fingerprint density at radius 3 is 1.22 bits per heavy atom. The van der Waals surface area contributed by atoms with Crippen molar-refractivity contribution in [3.63, 3.8) is 0 Å². The topological polar surface area (TPSA) is 110 Å². The van der Waals surface area contributed by atoms with Crippen molar-refractivity contribution in [1.82, 2.24) is 0 Å². The maximum absolute atomic E-state index is 12.8. The predicted molar refractivity (Wildman–Crippen MR) is 195 cm³/mol. The Balaban J connectivity index is 0.0000230. The van der Waals surface area contributed by atoms with Crippen molar-refractivity contribution in [2.24, 2.45) is 0 Å². The van der Waals surface area contributed by atoms with Gasteiger partial charge in [-0.3, -0.25) is 0 Å². The maximum atomic E-state index is 12.8. The molecule has 1 aromatic rings. The Kier molecular flexibility index (Phi) is 31.5. The van der Waals surface area contributed by atoms with Crippen LogP contribution in [-0.4, -0.2) is 24.9 Å². The first-order valence-corrected chi connectivity index (χ1v) is 20.5. The van der Waals surface area contributed by atoms with Crippen LogP contribution in [0.3, 0.4) is 0 Å². The first-order chi connectivity index (χ1) is 23.3. The van der Waals surface area contributed by atoms with Gasteiger partial charge in [-0.2, -0.15) is 0 Å². The molecule has 7 nitrogen and oxygen atoms in total. The molecular formula is C40H65NaO7S. The van der Waals surface area contributed by atoms with E-state index < -0.39 is 27.0 Å². The van der Waals surface area contributed by atoms with Crippen LogP contribution in [0.25, 0.3) is 0 Å². The molecule has 0 atom stereocenters. The van der Waals surface area contributed by atoms with E-state index in [0.717, 1.165) is 56.7 Å². The van der Waals surface area contributed by atoms with Gasteiger partial charge in [-0.15, -0.1) is 0 Å². The van der Waals surface area contributed by atoms with E-state index in [2.05, 4.69) is 13.8 Å². The third kappa shape index (κ3) is 26.1. The first kappa shape index (κ1) is 47.5. The quantitative estimate of drug-likeness (QED) is 0.0248. The molecule has 0 aliphatic rings. The molecule has 0 N–H and O–H groups in total. The number of carbonyl (C=O) groups is 2. The monoisotopic (exact) mass is 712 g/mol. The van der Waals surface area contributed by atoms with E-state index in [4.69, 9.17) is 9.47 Å². The van der Waals surface area contributed by atoms with Gasteiger partial charge in [-0.1, -0.05) is 155 Å². The van der Waals surface area contributed by atoms with Gasteiger partial charge in [0.1, 0.15) is 10.1 Å². The van der Waals surface area contributed by atoms with Gasteiger partial charge in [0.15, 0.2) is 0 Å². The summed E-state index contributed by atoms with van der Waals surface area (Å²) in [4.78, 5) is 24.9. The van der Waals surface area contributed by atoms with Crippen molar-refractivity contribution in [2.75, 3.05) is 0 Å². The Morgan fingerprint density at radius 1 is 0.551 bits per heavy atom. The molecule has 274 valence electrons. The van der Waals surface area contributed by atoms with E-state index in [9.17, 15) is 22.6 Å². The number of carbonyl (C=O) groups excluding carboxylic acids is 2. The zero-order chi connectivity index (χ0) is 35.1. The molecule has 0 bridgehead atoms. The van der Waals surface area contributed by atoms with Gasteiger partial charge >= 0.3 is 41.5 Å². The van der Waals surface area contributed by atoms with Crippen molar-refractivity contribution >= 4 is 22.1 Å². The number of esters is 2. The Labute approximate surface area is 321 Å². The summed E-state index contributed by atoms with van der Waals surface area (Å²) in [6, 6.07) is 2.98. The fourth-order valence-corrected chi connectivity index (χ4v) is 6.21. The van der Waals surface area contributed by atoms with Gasteiger partial charge in [0.25, 0.3) is 0 Å². The van der Waals surface area contributed by atoms with Crippen molar-refractivity contribution < 1.29 is 61.6 Å². The van der Waals surface area contributed by atoms with Crippen LogP contribution < -0.4 is 29.6 Å². The van der Waals surface area contributed by atoms with Gasteiger partial charge in [-0.05, 0) is 56.0 Å². The summed E-state index contributed by atoms with van der Waals surface area (Å²) >= 11 is 0. The molecule has 0 radical (unpaired) electrons. The summed E-state index contributed by atoms with van der Waals surface area (Å²) in [6.07, 6.45) is 37.8. The third-order valence-electron chi connectivity index (χ3n) is 8.71. The molecule has 0 aliphatic carbocycles. The van der Waals surface area contributed by atoms with Crippen LogP contribution in [0.4, 0.5) is 0 Å². The summed E-state index contributed by atoms with van der Waals surface area (Å²) in [5, 5.41) is 0. The van der Waals surface area contributed by atoms with E-state index in [0.29, 0.717) is 0 Å². The molecule has 9 heteroatoms. The first-order valence-electron chi connectivity index (χ1n) is 19.1. The largest absolute Gasteiger partial charge is 1.00 e. The zero-order valence-electron chi connectivity index (χ0n) is 31.2. The van der Waals surface area contributed by atoms with Gasteiger partial charge in [0, 0.05) is 0 Å². The number of benzene rings is 1. The summed E-state index contributed by atoms with van der Waals surface area (Å²) in [5.41, 5.74) is -0.502. The van der Waals surface area contributed by atoms with E-state index in [1.807, 2.05) is 0 Å². The Morgan fingerprint density at radius 2 is 0.878 bits per heavy atom. The second kappa shape index (κ2) is 32.5. The number of unbranched alkanes of at least 4 members (excludes halogenated alkanes) is 24. The summed E-state index contributed by atoms with van der Waals surface area (Å²) in [7, 11) is -4.84. The molecule has 0 aromatic heterocycles. The zero-order valence-corrected chi connectivity index (χ0v) is 34.0. The molecule has 0 saturated heterocycles. The molecule has 0 saturated carbocycles. The molecule has 49 heavy (non-hydrogen) atoms. The van der Waals surface area contributed by atoms with Gasteiger partial charge < -0.3 is 14.0 Å². The van der Waals surface area contributed by atoms with Crippen LogP contribution in [0.5, 0.6) is 0 Å². The molecule has 0 fully saturated rings. The van der Waals surface area contributed by atoms with E-state index in [1.165, 1.54) is 141 Å². The predicted octanol–water partition coefficient (Wildman–Crippen LogP) is 9.12. The van der Waals surface area contributed by atoms with Crippen LogP contribution in [-0.2, 0) is 19.6 Å². The van der Waals surface area contributed by atoms with E-state index in [1.54, 1.807) is 12.2 Å². The summed E-state index contributed by atoms with van der Waals surface area (Å²) in [6.45, 7) is 4.48. The van der Waals surface area contributed by atoms with Gasteiger partial charge in [0.2, 0.25) is 0 Å². The van der Waals surface area contributed by atoms with Crippen LogP contribution in [0.15, 0.2) is 47.8 Å². The summed E-state index contributed by atoms with van der Waals surface area (Å²) in [5.74, 6) is -1.76. The fraction of sp³-hybridized carbons (Fsp3) is 0.700. The molecule has 1 aromatic carbocycles. The smallest absolute Gasteiger partial charge is 0.744 e. The molecule has 1 rings (SSSR count). The minimum Gasteiger partial charge on any atom is -0.744 e. The van der Waals surface area contributed by atoms with Crippen LogP contribution in [0.2, 0.25) is 0 Å². The minimum absolute atomic E-state index is 0. The SMILES string of the molecule is CCCCCCCCCCCCCC/C=C/OC(=O)c1ccc(S(=O)(=O)[O-])cc1C(=O)O/C=C/CCCCCCCCCCCCCC.[Na+]. The number of hydrogen-bond donors (Lipinski definition) is 0. The van der Waals surface area contributed by atoms with Crippen LogP contribution in [0.1, 0.15) is 202 Å². The van der Waals surface area contributed by atoms with E-state index >= 15 is 0 Å². The normalized spacial score (nSPS) is 11.7. The minimum atomic E-state index is -4.84. The Hall–Kier alpha value is -1.45. The molecule has 0 spiro atoms. The van der Waals surface area contributed by atoms with Crippen molar-refractivity contribution in [1.29, 1.82) is 0 Å². The van der Waals surface area contributed by atoms with E-state index in [-0.39, 0.29) is 40.7 Å². The van der Waals surface area contributed by atoms with Crippen molar-refractivity contribution in [2.45, 2.75) is 186 Å². The molecular weight excluding hydrogens is 647 g/mol. The number of allylic oxidation sites excluding steroid dienone is 2. The molecule has 0 amide bonds. The average molecular weight is 713 g/mol. The second-order valence-corrected chi connectivity index (χ2v) is 14.5.